The molecule has 20 heavy (non-hydrogen) atoms. The minimum absolute atomic E-state index is 0. The third-order valence-electron chi connectivity index (χ3n) is 3.54. The third kappa shape index (κ3) is 6.41. The van der Waals surface area contributed by atoms with Gasteiger partial charge in [-0.15, -0.1) is 24.0 Å². The Balaban J connectivity index is 0.00000200. The first kappa shape index (κ1) is 17.7. The second kappa shape index (κ2) is 10.4. The van der Waals surface area contributed by atoms with Crippen LogP contribution >= 0.6 is 24.0 Å². The van der Waals surface area contributed by atoms with E-state index in [2.05, 4.69) is 21.7 Å². The predicted octanol–water partition coefficient (Wildman–Crippen LogP) is 1.69. The number of hydrogen-bond donors (Lipinski definition) is 2. The van der Waals surface area contributed by atoms with E-state index in [4.69, 9.17) is 9.47 Å². The highest BCUT2D eigenvalue weighted by molar-refractivity contribution is 14.0. The maximum absolute atomic E-state index is 5.58. The molecular formula is C14H26IN3O2. The van der Waals surface area contributed by atoms with Crippen LogP contribution in [-0.2, 0) is 9.47 Å². The smallest absolute Gasteiger partial charge is 0.191 e. The number of halogens is 1. The molecule has 0 aromatic heterocycles. The molecule has 5 nitrogen and oxygen atoms in total. The minimum atomic E-state index is 0. The van der Waals surface area contributed by atoms with Gasteiger partial charge in [0.25, 0.3) is 0 Å². The summed E-state index contributed by atoms with van der Waals surface area (Å²) in [6, 6.07) is 0. The van der Waals surface area contributed by atoms with Gasteiger partial charge in [0.05, 0.1) is 19.3 Å². The highest BCUT2D eigenvalue weighted by atomic mass is 127. The molecule has 0 spiro atoms. The van der Waals surface area contributed by atoms with E-state index in [1.54, 1.807) is 7.05 Å². The summed E-state index contributed by atoms with van der Waals surface area (Å²) in [5.41, 5.74) is 1.48. The Bertz CT molecular complexity index is 328. The number of guanidine groups is 1. The first-order valence-corrected chi connectivity index (χ1v) is 7.20. The van der Waals surface area contributed by atoms with Crippen LogP contribution in [0.3, 0.4) is 0 Å². The fourth-order valence-corrected chi connectivity index (χ4v) is 2.37. The summed E-state index contributed by atoms with van der Waals surface area (Å²) in [6.07, 6.45) is 6.98. The van der Waals surface area contributed by atoms with E-state index in [1.165, 1.54) is 12.0 Å². The molecule has 2 N–H and O–H groups in total. The fourth-order valence-electron chi connectivity index (χ4n) is 2.37. The number of rotatable bonds is 5. The molecule has 0 radical (unpaired) electrons. The molecule has 0 aromatic rings. The van der Waals surface area contributed by atoms with Crippen molar-refractivity contribution in [1.29, 1.82) is 0 Å². The van der Waals surface area contributed by atoms with Crippen molar-refractivity contribution < 1.29 is 9.47 Å². The summed E-state index contributed by atoms with van der Waals surface area (Å²) >= 11 is 0. The second-order valence-electron chi connectivity index (χ2n) is 4.95. The quantitative estimate of drug-likeness (QED) is 0.322. The lowest BCUT2D eigenvalue weighted by molar-refractivity contribution is 0.114. The molecule has 1 unspecified atom stereocenters. The maximum atomic E-state index is 5.58. The van der Waals surface area contributed by atoms with Gasteiger partial charge in [-0.2, -0.15) is 0 Å². The zero-order chi connectivity index (χ0) is 13.3. The molecular weight excluding hydrogens is 369 g/mol. The van der Waals surface area contributed by atoms with Crippen LogP contribution in [0.15, 0.2) is 16.6 Å². The molecule has 1 fully saturated rings. The van der Waals surface area contributed by atoms with Gasteiger partial charge >= 0.3 is 0 Å². The number of nitrogens with one attached hydrogen (secondary N) is 2. The average molecular weight is 395 g/mol. The summed E-state index contributed by atoms with van der Waals surface area (Å²) in [7, 11) is 1.80. The van der Waals surface area contributed by atoms with Crippen molar-refractivity contribution in [1.82, 2.24) is 10.6 Å². The molecule has 6 heteroatoms. The van der Waals surface area contributed by atoms with Crippen LogP contribution in [0.5, 0.6) is 0 Å². The second-order valence-corrected chi connectivity index (χ2v) is 4.95. The zero-order valence-electron chi connectivity index (χ0n) is 12.2. The normalized spacial score (nSPS) is 22.9. The van der Waals surface area contributed by atoms with Crippen LogP contribution in [0.4, 0.5) is 0 Å². The van der Waals surface area contributed by atoms with Crippen LogP contribution in [0.2, 0.25) is 0 Å². The first-order chi connectivity index (χ1) is 9.38. The average Bonchev–Trinajstić information content (AvgIpc) is 2.97. The lowest BCUT2D eigenvalue weighted by atomic mass is 10.1. The molecule has 0 amide bonds. The van der Waals surface area contributed by atoms with Gasteiger partial charge < -0.3 is 20.1 Å². The predicted molar refractivity (Wildman–Crippen MR) is 91.9 cm³/mol. The van der Waals surface area contributed by atoms with E-state index < -0.39 is 0 Å². The largest absolute Gasteiger partial charge is 0.377 e. The molecule has 0 bridgehead atoms. The van der Waals surface area contributed by atoms with Gasteiger partial charge in [0.2, 0.25) is 0 Å². The number of aliphatic imine (C=N–C) groups is 1. The van der Waals surface area contributed by atoms with E-state index in [9.17, 15) is 0 Å². The monoisotopic (exact) mass is 395 g/mol. The van der Waals surface area contributed by atoms with Crippen LogP contribution in [0.25, 0.3) is 0 Å². The van der Waals surface area contributed by atoms with Crippen molar-refractivity contribution in [2.45, 2.75) is 31.8 Å². The summed E-state index contributed by atoms with van der Waals surface area (Å²) in [5.74, 6) is 0.864. The van der Waals surface area contributed by atoms with E-state index in [0.29, 0.717) is 6.10 Å². The van der Waals surface area contributed by atoms with Gasteiger partial charge in [0.15, 0.2) is 5.96 Å². The van der Waals surface area contributed by atoms with E-state index in [-0.39, 0.29) is 24.0 Å². The van der Waals surface area contributed by atoms with Gasteiger partial charge in [-0.25, -0.2) is 0 Å². The molecule has 0 aromatic carbocycles. The Morgan fingerprint density at radius 1 is 1.40 bits per heavy atom. The van der Waals surface area contributed by atoms with Gasteiger partial charge in [-0.1, -0.05) is 11.6 Å². The molecule has 2 aliphatic rings. The van der Waals surface area contributed by atoms with Crippen LogP contribution < -0.4 is 10.6 Å². The van der Waals surface area contributed by atoms with Crippen molar-refractivity contribution in [3.63, 3.8) is 0 Å². The highest BCUT2D eigenvalue weighted by Crippen LogP contribution is 2.11. The minimum Gasteiger partial charge on any atom is -0.377 e. The Labute approximate surface area is 138 Å². The van der Waals surface area contributed by atoms with Crippen LogP contribution in [0, 0.1) is 0 Å². The first-order valence-electron chi connectivity index (χ1n) is 7.20. The Hall–Kier alpha value is -0.340. The summed E-state index contributed by atoms with van der Waals surface area (Å²) in [5, 5.41) is 6.66. The summed E-state index contributed by atoms with van der Waals surface area (Å²) in [4.78, 5) is 4.23. The molecule has 1 atom stereocenters. The molecule has 2 aliphatic heterocycles. The molecule has 2 heterocycles. The highest BCUT2D eigenvalue weighted by Gasteiger charge is 2.15. The Morgan fingerprint density at radius 2 is 2.30 bits per heavy atom. The van der Waals surface area contributed by atoms with Crippen LogP contribution in [-0.4, -0.2) is 52.0 Å². The molecule has 1 saturated heterocycles. The van der Waals surface area contributed by atoms with E-state index in [1.807, 2.05) is 0 Å². The van der Waals surface area contributed by atoms with Crippen molar-refractivity contribution >= 4 is 29.9 Å². The summed E-state index contributed by atoms with van der Waals surface area (Å²) in [6.45, 7) is 4.28. The van der Waals surface area contributed by atoms with Crippen molar-refractivity contribution in [2.24, 2.45) is 4.99 Å². The maximum Gasteiger partial charge on any atom is 0.191 e. The fraction of sp³-hybridized carbons (Fsp3) is 0.786. The summed E-state index contributed by atoms with van der Waals surface area (Å²) < 4.78 is 10.9. The van der Waals surface area contributed by atoms with Crippen LogP contribution in [0.1, 0.15) is 25.7 Å². The van der Waals surface area contributed by atoms with Crippen molar-refractivity contribution in [2.75, 3.05) is 40.0 Å². The number of ether oxygens (including phenoxy) is 2. The lowest BCUT2D eigenvalue weighted by Crippen LogP contribution is -2.41. The Kier molecular flexibility index (Phi) is 9.21. The number of nitrogens with zero attached hydrogens (tertiary/aromatic N) is 1. The van der Waals surface area contributed by atoms with Gasteiger partial charge in [0, 0.05) is 26.7 Å². The SMILES string of the molecule is CN=C(NCCC1=CCOCC1)NCC1CCCO1.I. The van der Waals surface area contributed by atoms with Gasteiger partial charge in [-0.3, -0.25) is 4.99 Å². The zero-order valence-corrected chi connectivity index (χ0v) is 14.5. The lowest BCUT2D eigenvalue weighted by Gasteiger charge is -2.17. The van der Waals surface area contributed by atoms with Gasteiger partial charge in [0.1, 0.15) is 0 Å². The molecule has 0 saturated carbocycles. The number of hydrogen-bond acceptors (Lipinski definition) is 3. The molecule has 2 rings (SSSR count). The third-order valence-corrected chi connectivity index (χ3v) is 3.54. The van der Waals surface area contributed by atoms with E-state index >= 15 is 0 Å². The standard InChI is InChI=1S/C14H25N3O2.HI/c1-15-14(17-11-13-3-2-8-19-13)16-7-4-12-5-9-18-10-6-12;/h5,13H,2-4,6-11H2,1H3,(H2,15,16,17);1H. The van der Waals surface area contributed by atoms with Crippen molar-refractivity contribution in [3.05, 3.63) is 11.6 Å². The molecule has 116 valence electrons. The van der Waals surface area contributed by atoms with Gasteiger partial charge in [-0.05, 0) is 25.7 Å². The van der Waals surface area contributed by atoms with E-state index in [0.717, 1.165) is 58.1 Å². The topological polar surface area (TPSA) is 54.9 Å². The Morgan fingerprint density at radius 3 is 2.95 bits per heavy atom. The molecule has 0 aliphatic carbocycles. The van der Waals surface area contributed by atoms with Crippen molar-refractivity contribution in [3.8, 4) is 0 Å².